The van der Waals surface area contributed by atoms with Gasteiger partial charge in [0.15, 0.2) is 0 Å². The van der Waals surface area contributed by atoms with Gasteiger partial charge in [-0.1, -0.05) is 18.6 Å². The van der Waals surface area contributed by atoms with Crippen molar-refractivity contribution in [2.75, 3.05) is 5.73 Å². The molecule has 2 bridgehead atoms. The summed E-state index contributed by atoms with van der Waals surface area (Å²) in [6.07, 6.45) is 5.62. The van der Waals surface area contributed by atoms with Gasteiger partial charge >= 0.3 is 0 Å². The van der Waals surface area contributed by atoms with E-state index in [-0.39, 0.29) is 5.91 Å². The molecule has 96 valence electrons. The Hall–Kier alpha value is -1.51. The van der Waals surface area contributed by atoms with Crippen molar-refractivity contribution in [1.29, 1.82) is 0 Å². The minimum absolute atomic E-state index is 0.137. The van der Waals surface area contributed by atoms with Gasteiger partial charge in [-0.15, -0.1) is 0 Å². The van der Waals surface area contributed by atoms with Gasteiger partial charge in [-0.3, -0.25) is 4.79 Å². The molecule has 0 spiro atoms. The van der Waals surface area contributed by atoms with E-state index in [1.165, 1.54) is 25.7 Å². The molecule has 3 nitrogen and oxygen atoms in total. The van der Waals surface area contributed by atoms with E-state index in [2.05, 4.69) is 5.32 Å². The zero-order valence-electron chi connectivity index (χ0n) is 10.6. The molecule has 18 heavy (non-hydrogen) atoms. The topological polar surface area (TPSA) is 55.1 Å². The van der Waals surface area contributed by atoms with Crippen molar-refractivity contribution in [3.63, 3.8) is 0 Å². The fraction of sp³-hybridized carbons (Fsp3) is 0.533. The third kappa shape index (κ3) is 2.35. The fourth-order valence-electron chi connectivity index (χ4n) is 3.57. The van der Waals surface area contributed by atoms with Crippen LogP contribution in [-0.2, 0) is 11.2 Å². The van der Waals surface area contributed by atoms with E-state index in [0.717, 1.165) is 23.1 Å². The van der Waals surface area contributed by atoms with Crippen molar-refractivity contribution >= 4 is 11.6 Å². The van der Waals surface area contributed by atoms with Crippen molar-refractivity contribution in [3.05, 3.63) is 29.8 Å². The molecule has 3 atom stereocenters. The Morgan fingerprint density at radius 3 is 2.89 bits per heavy atom. The molecule has 2 fully saturated rings. The maximum absolute atomic E-state index is 12.0. The molecule has 2 aliphatic rings. The lowest BCUT2D eigenvalue weighted by atomic mass is 9.95. The summed E-state index contributed by atoms with van der Waals surface area (Å²) in [6.45, 7) is 0. The molecule has 0 heterocycles. The molecule has 0 aliphatic heterocycles. The zero-order chi connectivity index (χ0) is 12.5. The molecule has 3 rings (SSSR count). The summed E-state index contributed by atoms with van der Waals surface area (Å²) >= 11 is 0. The molecule has 0 unspecified atom stereocenters. The number of fused-ring (bicyclic) bond motifs is 2. The number of anilines is 1. The van der Waals surface area contributed by atoms with E-state index < -0.39 is 0 Å². The predicted octanol–water partition coefficient (Wildman–Crippen LogP) is 2.12. The van der Waals surface area contributed by atoms with Crippen LogP contribution in [0.15, 0.2) is 24.3 Å². The normalized spacial score (nSPS) is 29.4. The smallest absolute Gasteiger partial charge is 0.224 e. The lowest BCUT2D eigenvalue weighted by molar-refractivity contribution is -0.121. The Kier molecular flexibility index (Phi) is 2.98. The SMILES string of the molecule is Nc1cccc(CC(=O)N[C@@H]2C[C@H]3CC[C@H]2C3)c1. The van der Waals surface area contributed by atoms with E-state index in [1.807, 2.05) is 24.3 Å². The number of nitrogen functional groups attached to an aromatic ring is 1. The van der Waals surface area contributed by atoms with E-state index in [1.54, 1.807) is 0 Å². The molecule has 2 aliphatic carbocycles. The standard InChI is InChI=1S/C15H20N2O/c16-13-3-1-2-10(7-13)9-15(18)17-14-8-11-4-5-12(14)6-11/h1-3,7,11-12,14H,4-6,8-9,16H2,(H,17,18)/t11-,12-,14+/m0/s1. The number of carbonyl (C=O) groups excluding carboxylic acids is 1. The highest BCUT2D eigenvalue weighted by Gasteiger charge is 2.39. The van der Waals surface area contributed by atoms with Crippen LogP contribution in [0.3, 0.4) is 0 Å². The minimum Gasteiger partial charge on any atom is -0.399 e. The zero-order valence-corrected chi connectivity index (χ0v) is 10.6. The summed E-state index contributed by atoms with van der Waals surface area (Å²) in [4.78, 5) is 12.0. The average molecular weight is 244 g/mol. The van der Waals surface area contributed by atoms with E-state index in [0.29, 0.717) is 12.5 Å². The van der Waals surface area contributed by atoms with Crippen LogP contribution in [-0.4, -0.2) is 11.9 Å². The highest BCUT2D eigenvalue weighted by molar-refractivity contribution is 5.79. The monoisotopic (exact) mass is 244 g/mol. The van der Waals surface area contributed by atoms with Gasteiger partial charge in [0.1, 0.15) is 0 Å². The molecule has 1 aromatic carbocycles. The van der Waals surface area contributed by atoms with Crippen LogP contribution in [0, 0.1) is 11.8 Å². The molecule has 3 N–H and O–H groups in total. The third-order valence-corrected chi connectivity index (χ3v) is 4.40. The lowest BCUT2D eigenvalue weighted by Gasteiger charge is -2.22. The fourth-order valence-corrected chi connectivity index (χ4v) is 3.57. The van der Waals surface area contributed by atoms with Gasteiger partial charge in [0.2, 0.25) is 5.91 Å². The molecule has 2 saturated carbocycles. The van der Waals surface area contributed by atoms with Gasteiger partial charge in [0.25, 0.3) is 0 Å². The lowest BCUT2D eigenvalue weighted by Crippen LogP contribution is -2.39. The minimum atomic E-state index is 0.137. The molecular weight excluding hydrogens is 224 g/mol. The van der Waals surface area contributed by atoms with Crippen LogP contribution in [0.1, 0.15) is 31.2 Å². The second-order valence-electron chi connectivity index (χ2n) is 5.77. The third-order valence-electron chi connectivity index (χ3n) is 4.40. The molecule has 1 aromatic rings. The number of carbonyl (C=O) groups is 1. The summed E-state index contributed by atoms with van der Waals surface area (Å²) in [7, 11) is 0. The second kappa shape index (κ2) is 4.63. The average Bonchev–Trinajstić information content (AvgIpc) is 2.90. The highest BCUT2D eigenvalue weighted by atomic mass is 16.1. The Balaban J connectivity index is 1.56. The van der Waals surface area contributed by atoms with Crippen molar-refractivity contribution in [2.24, 2.45) is 11.8 Å². The number of nitrogens with one attached hydrogen (secondary N) is 1. The number of hydrogen-bond acceptors (Lipinski definition) is 2. The first-order chi connectivity index (χ1) is 8.70. The Bertz CT molecular complexity index is 458. The molecule has 0 aromatic heterocycles. The van der Waals surface area contributed by atoms with E-state index in [9.17, 15) is 4.79 Å². The first kappa shape index (κ1) is 11.6. The summed E-state index contributed by atoms with van der Waals surface area (Å²) < 4.78 is 0. The first-order valence-electron chi connectivity index (χ1n) is 6.84. The van der Waals surface area contributed by atoms with Gasteiger partial charge in [0.05, 0.1) is 6.42 Å². The number of hydrogen-bond donors (Lipinski definition) is 2. The Labute approximate surface area is 108 Å². The number of rotatable bonds is 3. The van der Waals surface area contributed by atoms with Crippen molar-refractivity contribution in [2.45, 2.75) is 38.1 Å². The Morgan fingerprint density at radius 2 is 2.22 bits per heavy atom. The predicted molar refractivity (Wildman–Crippen MR) is 71.9 cm³/mol. The quantitative estimate of drug-likeness (QED) is 0.800. The summed E-state index contributed by atoms with van der Waals surface area (Å²) in [5.41, 5.74) is 7.43. The Morgan fingerprint density at radius 1 is 1.33 bits per heavy atom. The van der Waals surface area contributed by atoms with E-state index in [4.69, 9.17) is 5.73 Å². The van der Waals surface area contributed by atoms with Crippen molar-refractivity contribution in [3.8, 4) is 0 Å². The maximum atomic E-state index is 12.0. The van der Waals surface area contributed by atoms with Crippen LogP contribution in [0.2, 0.25) is 0 Å². The number of nitrogens with two attached hydrogens (primary N) is 1. The molecular formula is C15H20N2O. The van der Waals surface area contributed by atoms with E-state index >= 15 is 0 Å². The van der Waals surface area contributed by atoms with Gasteiger partial charge in [-0.05, 0) is 48.8 Å². The highest BCUT2D eigenvalue weighted by Crippen LogP contribution is 2.44. The van der Waals surface area contributed by atoms with Crippen molar-refractivity contribution in [1.82, 2.24) is 5.32 Å². The molecule has 1 amide bonds. The van der Waals surface area contributed by atoms with Gasteiger partial charge in [-0.2, -0.15) is 0 Å². The number of benzene rings is 1. The maximum Gasteiger partial charge on any atom is 0.224 e. The molecule has 3 heteroatoms. The van der Waals surface area contributed by atoms with Crippen LogP contribution in [0.4, 0.5) is 5.69 Å². The summed E-state index contributed by atoms with van der Waals surface area (Å²) in [5, 5.41) is 3.20. The van der Waals surface area contributed by atoms with Crippen LogP contribution in [0.5, 0.6) is 0 Å². The second-order valence-corrected chi connectivity index (χ2v) is 5.77. The van der Waals surface area contributed by atoms with Gasteiger partial charge < -0.3 is 11.1 Å². The summed E-state index contributed by atoms with van der Waals surface area (Å²) in [5.74, 6) is 1.74. The largest absolute Gasteiger partial charge is 0.399 e. The van der Waals surface area contributed by atoms with Gasteiger partial charge in [-0.25, -0.2) is 0 Å². The van der Waals surface area contributed by atoms with Crippen LogP contribution in [0.25, 0.3) is 0 Å². The van der Waals surface area contributed by atoms with Crippen molar-refractivity contribution < 1.29 is 4.79 Å². The van der Waals surface area contributed by atoms with Gasteiger partial charge in [0, 0.05) is 11.7 Å². The van der Waals surface area contributed by atoms with Crippen LogP contribution < -0.4 is 11.1 Å². The molecule has 0 radical (unpaired) electrons. The van der Waals surface area contributed by atoms with Crippen LogP contribution >= 0.6 is 0 Å². The number of amides is 1. The summed E-state index contributed by atoms with van der Waals surface area (Å²) in [6, 6.07) is 8.00. The first-order valence-corrected chi connectivity index (χ1v) is 6.84. The molecule has 0 saturated heterocycles.